The number of alkyl halides is 6. The summed E-state index contributed by atoms with van der Waals surface area (Å²) in [5.74, 6) is -0.305. The van der Waals surface area contributed by atoms with Crippen LogP contribution in [0, 0.1) is 6.92 Å². The molecular formula is C16H10F6N4O2. The molecule has 1 amide bonds. The Morgan fingerprint density at radius 1 is 1.07 bits per heavy atom. The normalized spacial score (nSPS) is 12.2. The Bertz CT molecular complexity index is 1000. The van der Waals surface area contributed by atoms with Crippen molar-refractivity contribution in [3.63, 3.8) is 0 Å². The molecule has 3 aromatic rings. The highest BCUT2D eigenvalue weighted by Gasteiger charge is 2.42. The maximum Gasteiger partial charge on any atom is 0.435 e. The first-order valence-electron chi connectivity index (χ1n) is 7.54. The molecule has 6 nitrogen and oxygen atoms in total. The zero-order valence-electron chi connectivity index (χ0n) is 13.9. The van der Waals surface area contributed by atoms with Crippen LogP contribution in [-0.2, 0) is 12.4 Å². The van der Waals surface area contributed by atoms with Gasteiger partial charge in [-0.25, -0.2) is 4.68 Å². The molecule has 3 rings (SSSR count). The zero-order chi connectivity index (χ0) is 20.7. The molecule has 0 aliphatic heterocycles. The quantitative estimate of drug-likeness (QED) is 0.655. The van der Waals surface area contributed by atoms with Gasteiger partial charge in [0.05, 0.1) is 11.9 Å². The van der Waals surface area contributed by atoms with Gasteiger partial charge in [-0.05, 0) is 31.2 Å². The number of aromatic nitrogens is 3. The van der Waals surface area contributed by atoms with Crippen LogP contribution in [0.3, 0.4) is 0 Å². The molecule has 148 valence electrons. The number of carbonyl (C=O) groups is 1. The topological polar surface area (TPSA) is 73.0 Å². The predicted octanol–water partition coefficient (Wildman–Crippen LogP) is 4.46. The number of halogens is 6. The second-order valence-corrected chi connectivity index (χ2v) is 5.62. The molecule has 2 aromatic heterocycles. The molecule has 0 aliphatic rings. The first kappa shape index (κ1) is 19.5. The summed E-state index contributed by atoms with van der Waals surface area (Å²) in [5, 5.41) is 8.94. The number of hydrogen-bond donors (Lipinski definition) is 1. The average molecular weight is 404 g/mol. The summed E-state index contributed by atoms with van der Waals surface area (Å²) < 4.78 is 82.4. The van der Waals surface area contributed by atoms with Gasteiger partial charge in [-0.2, -0.15) is 31.4 Å². The third-order valence-corrected chi connectivity index (χ3v) is 3.66. The van der Waals surface area contributed by atoms with Gasteiger partial charge in [0.15, 0.2) is 5.69 Å². The first-order chi connectivity index (χ1) is 13.0. The van der Waals surface area contributed by atoms with Crippen molar-refractivity contribution in [1.29, 1.82) is 0 Å². The van der Waals surface area contributed by atoms with Crippen molar-refractivity contribution in [2.24, 2.45) is 0 Å². The summed E-state index contributed by atoms with van der Waals surface area (Å²) in [5.41, 5.74) is -3.14. The summed E-state index contributed by atoms with van der Waals surface area (Å²) in [4.78, 5) is 12.0. The van der Waals surface area contributed by atoms with E-state index in [4.69, 9.17) is 4.52 Å². The molecule has 0 spiro atoms. The van der Waals surface area contributed by atoms with E-state index in [-0.39, 0.29) is 33.4 Å². The van der Waals surface area contributed by atoms with E-state index in [1.54, 1.807) is 0 Å². The Labute approximate surface area is 152 Å². The molecular weight excluding hydrogens is 394 g/mol. The lowest BCUT2D eigenvalue weighted by molar-refractivity contribution is -0.143. The summed E-state index contributed by atoms with van der Waals surface area (Å²) in [7, 11) is 0. The van der Waals surface area contributed by atoms with Gasteiger partial charge in [0.1, 0.15) is 17.0 Å². The van der Waals surface area contributed by atoms with Gasteiger partial charge in [0, 0.05) is 11.8 Å². The van der Waals surface area contributed by atoms with Crippen LogP contribution in [0.5, 0.6) is 0 Å². The van der Waals surface area contributed by atoms with Gasteiger partial charge >= 0.3 is 12.4 Å². The van der Waals surface area contributed by atoms with Crippen LogP contribution in [0.2, 0.25) is 0 Å². The molecule has 0 radical (unpaired) electrons. The number of nitrogens with zero attached hydrogens (tertiary/aromatic N) is 3. The smallest absolute Gasteiger partial charge is 0.361 e. The molecule has 1 aromatic carbocycles. The highest BCUT2D eigenvalue weighted by atomic mass is 19.4. The van der Waals surface area contributed by atoms with Gasteiger partial charge in [-0.1, -0.05) is 5.16 Å². The molecule has 28 heavy (non-hydrogen) atoms. The van der Waals surface area contributed by atoms with Crippen LogP contribution < -0.4 is 5.32 Å². The van der Waals surface area contributed by atoms with Crippen LogP contribution in [0.1, 0.15) is 27.5 Å². The molecule has 1 N–H and O–H groups in total. The van der Waals surface area contributed by atoms with E-state index in [1.165, 1.54) is 25.3 Å². The van der Waals surface area contributed by atoms with Crippen molar-refractivity contribution in [2.45, 2.75) is 19.3 Å². The molecule has 0 saturated carbocycles. The van der Waals surface area contributed by atoms with E-state index in [1.807, 2.05) is 0 Å². The van der Waals surface area contributed by atoms with E-state index in [0.29, 0.717) is 0 Å². The number of nitrogens with one attached hydrogen (secondary N) is 1. The molecule has 0 bridgehead atoms. The minimum atomic E-state index is -5.05. The second-order valence-electron chi connectivity index (χ2n) is 5.62. The molecule has 0 fully saturated rings. The molecule has 0 unspecified atom stereocenters. The Morgan fingerprint density at radius 2 is 1.71 bits per heavy atom. The Hall–Kier alpha value is -3.31. The van der Waals surface area contributed by atoms with Gasteiger partial charge in [-0.3, -0.25) is 4.79 Å². The van der Waals surface area contributed by atoms with Crippen LogP contribution in [0.25, 0.3) is 5.69 Å². The SMILES string of the molecule is Cc1oncc1C(=O)Nc1ccc(-n2nc(C(F)(F)F)cc2C(F)(F)F)cc1. The van der Waals surface area contributed by atoms with Gasteiger partial charge in [0.2, 0.25) is 0 Å². The molecule has 0 saturated heterocycles. The van der Waals surface area contributed by atoms with Crippen LogP contribution in [0.4, 0.5) is 32.0 Å². The number of anilines is 1. The number of aryl methyl sites for hydroxylation is 1. The maximum atomic E-state index is 13.1. The first-order valence-corrected chi connectivity index (χ1v) is 7.54. The third-order valence-electron chi connectivity index (χ3n) is 3.66. The second kappa shape index (κ2) is 6.69. The van der Waals surface area contributed by atoms with Crippen molar-refractivity contribution < 1.29 is 35.7 Å². The molecule has 12 heteroatoms. The largest absolute Gasteiger partial charge is 0.435 e. The zero-order valence-corrected chi connectivity index (χ0v) is 13.9. The Balaban J connectivity index is 1.90. The molecule has 0 aliphatic carbocycles. The Kier molecular flexibility index (Phi) is 4.65. The lowest BCUT2D eigenvalue weighted by Gasteiger charge is -2.11. The monoisotopic (exact) mass is 404 g/mol. The van der Waals surface area contributed by atoms with Gasteiger partial charge in [-0.15, -0.1) is 0 Å². The summed E-state index contributed by atoms with van der Waals surface area (Å²) >= 11 is 0. The average Bonchev–Trinajstić information content (AvgIpc) is 3.21. The number of carbonyl (C=O) groups excluding carboxylic acids is 1. The van der Waals surface area contributed by atoms with E-state index in [0.717, 1.165) is 12.1 Å². The lowest BCUT2D eigenvalue weighted by Crippen LogP contribution is -2.14. The number of rotatable bonds is 3. The summed E-state index contributed by atoms with van der Waals surface area (Å²) in [6.07, 6.45) is -8.89. The molecule has 2 heterocycles. The standard InChI is InChI=1S/C16H10F6N4O2/c1-8-11(7-23-28-8)14(27)24-9-2-4-10(5-3-9)26-13(16(20,21)22)6-12(25-26)15(17,18)19/h2-7H,1H3,(H,24,27). The van der Waals surface area contributed by atoms with Crippen LogP contribution >= 0.6 is 0 Å². The van der Waals surface area contributed by atoms with E-state index < -0.39 is 29.6 Å². The highest BCUT2D eigenvalue weighted by Crippen LogP contribution is 2.36. The number of hydrogen-bond acceptors (Lipinski definition) is 4. The Morgan fingerprint density at radius 3 is 2.21 bits per heavy atom. The lowest BCUT2D eigenvalue weighted by atomic mass is 10.2. The molecule has 0 atom stereocenters. The summed E-state index contributed by atoms with van der Waals surface area (Å²) in [6, 6.07) is 4.58. The van der Waals surface area contributed by atoms with Gasteiger partial charge in [0.25, 0.3) is 5.91 Å². The van der Waals surface area contributed by atoms with Crippen LogP contribution in [0.15, 0.2) is 41.1 Å². The fourth-order valence-electron chi connectivity index (χ4n) is 2.32. The van der Waals surface area contributed by atoms with Crippen molar-refractivity contribution in [3.05, 3.63) is 59.2 Å². The van der Waals surface area contributed by atoms with Crippen molar-refractivity contribution in [3.8, 4) is 5.69 Å². The fourth-order valence-corrected chi connectivity index (χ4v) is 2.32. The predicted molar refractivity (Wildman–Crippen MR) is 82.8 cm³/mol. The van der Waals surface area contributed by atoms with Crippen LogP contribution in [-0.4, -0.2) is 20.8 Å². The van der Waals surface area contributed by atoms with E-state index in [9.17, 15) is 31.1 Å². The van der Waals surface area contributed by atoms with Crippen molar-refractivity contribution >= 4 is 11.6 Å². The van der Waals surface area contributed by atoms with E-state index >= 15 is 0 Å². The minimum absolute atomic E-state index is 0.0651. The highest BCUT2D eigenvalue weighted by molar-refractivity contribution is 6.04. The summed E-state index contributed by atoms with van der Waals surface area (Å²) in [6.45, 7) is 1.51. The van der Waals surface area contributed by atoms with Crippen molar-refractivity contribution in [1.82, 2.24) is 14.9 Å². The van der Waals surface area contributed by atoms with Gasteiger partial charge < -0.3 is 9.84 Å². The third kappa shape index (κ3) is 3.85. The minimum Gasteiger partial charge on any atom is -0.361 e. The fraction of sp³-hybridized carbons (Fsp3) is 0.188. The number of amides is 1. The maximum absolute atomic E-state index is 13.1. The number of benzene rings is 1. The van der Waals surface area contributed by atoms with E-state index in [2.05, 4.69) is 15.6 Å². The van der Waals surface area contributed by atoms with Crippen molar-refractivity contribution in [2.75, 3.05) is 5.32 Å².